The van der Waals surface area contributed by atoms with Crippen molar-refractivity contribution in [3.8, 4) is 0 Å². The third-order valence-corrected chi connectivity index (χ3v) is 2.63. The minimum Gasteiger partial charge on any atom is -0.310 e. The lowest BCUT2D eigenvalue weighted by Gasteiger charge is -2.04. The Bertz CT molecular complexity index is 263. The first-order chi connectivity index (χ1) is 6.86. The maximum absolute atomic E-state index is 4.52. The third kappa shape index (κ3) is 4.11. The number of nitrogens with one attached hydrogen (secondary N) is 1. The molecule has 0 aliphatic carbocycles. The highest BCUT2D eigenvalue weighted by molar-refractivity contribution is 7.98. The zero-order chi connectivity index (χ0) is 10.2. The highest BCUT2D eigenvalue weighted by Gasteiger charge is 1.95. The number of pyridine rings is 1. The quantitative estimate of drug-likeness (QED) is 0.728. The summed E-state index contributed by atoms with van der Waals surface area (Å²) in [5.41, 5.74) is 2.32. The fourth-order valence-electron chi connectivity index (χ4n) is 1.22. The summed E-state index contributed by atoms with van der Waals surface area (Å²) in [5.74, 6) is 1.16. The van der Waals surface area contributed by atoms with Crippen LogP contribution in [0.1, 0.15) is 18.3 Å². The van der Waals surface area contributed by atoms with Gasteiger partial charge in [-0.25, -0.2) is 0 Å². The molecule has 78 valence electrons. The fourth-order valence-corrected chi connectivity index (χ4v) is 1.56. The zero-order valence-electron chi connectivity index (χ0n) is 8.92. The van der Waals surface area contributed by atoms with Crippen molar-refractivity contribution >= 4 is 11.8 Å². The zero-order valence-corrected chi connectivity index (χ0v) is 9.73. The van der Waals surface area contributed by atoms with Crippen LogP contribution in [0, 0.1) is 0 Å². The maximum Gasteiger partial charge on any atom is 0.0544 e. The Kier molecular flexibility index (Phi) is 5.64. The molecule has 0 aliphatic rings. The van der Waals surface area contributed by atoms with Gasteiger partial charge in [-0.3, -0.25) is 4.98 Å². The number of hydrogen-bond acceptors (Lipinski definition) is 3. The second-order valence-electron chi connectivity index (χ2n) is 3.14. The molecule has 0 saturated carbocycles. The van der Waals surface area contributed by atoms with E-state index >= 15 is 0 Å². The third-order valence-electron chi connectivity index (χ3n) is 2.02. The first-order valence-corrected chi connectivity index (χ1v) is 6.40. The Hall–Kier alpha value is -0.540. The van der Waals surface area contributed by atoms with Crippen LogP contribution in [0.3, 0.4) is 0 Å². The van der Waals surface area contributed by atoms with Gasteiger partial charge in [-0.15, -0.1) is 0 Å². The molecule has 0 aliphatic heterocycles. The van der Waals surface area contributed by atoms with Crippen molar-refractivity contribution in [2.45, 2.75) is 19.9 Å². The van der Waals surface area contributed by atoms with Crippen LogP contribution in [0.15, 0.2) is 18.2 Å². The lowest BCUT2D eigenvalue weighted by molar-refractivity contribution is 0.711. The van der Waals surface area contributed by atoms with Crippen molar-refractivity contribution in [2.24, 2.45) is 0 Å². The van der Waals surface area contributed by atoms with E-state index in [1.54, 1.807) is 0 Å². The van der Waals surface area contributed by atoms with Crippen molar-refractivity contribution in [1.29, 1.82) is 0 Å². The van der Waals surface area contributed by atoms with Crippen LogP contribution in [0.2, 0.25) is 0 Å². The second-order valence-corrected chi connectivity index (χ2v) is 4.13. The highest BCUT2D eigenvalue weighted by atomic mass is 32.2. The lowest BCUT2D eigenvalue weighted by atomic mass is 10.2. The van der Waals surface area contributed by atoms with Gasteiger partial charge in [0.1, 0.15) is 0 Å². The fraction of sp³-hybridized carbons (Fsp3) is 0.545. The van der Waals surface area contributed by atoms with Crippen molar-refractivity contribution in [3.63, 3.8) is 0 Å². The summed E-state index contributed by atoms with van der Waals surface area (Å²) in [5, 5.41) is 3.37. The molecule has 0 atom stereocenters. The highest BCUT2D eigenvalue weighted by Crippen LogP contribution is 1.99. The monoisotopic (exact) mass is 210 g/mol. The number of hydrogen-bond donors (Lipinski definition) is 1. The van der Waals surface area contributed by atoms with E-state index in [1.165, 1.54) is 5.69 Å². The van der Waals surface area contributed by atoms with E-state index in [9.17, 15) is 0 Å². The molecule has 1 aromatic heterocycles. The van der Waals surface area contributed by atoms with Crippen molar-refractivity contribution in [2.75, 3.05) is 18.6 Å². The Balaban J connectivity index is 2.34. The van der Waals surface area contributed by atoms with Gasteiger partial charge >= 0.3 is 0 Å². The summed E-state index contributed by atoms with van der Waals surface area (Å²) in [6, 6.07) is 6.23. The second kappa shape index (κ2) is 6.85. The molecule has 0 saturated heterocycles. The molecule has 1 aromatic rings. The van der Waals surface area contributed by atoms with Crippen molar-refractivity contribution in [1.82, 2.24) is 10.3 Å². The van der Waals surface area contributed by atoms with E-state index in [-0.39, 0.29) is 0 Å². The topological polar surface area (TPSA) is 24.9 Å². The predicted molar refractivity (Wildman–Crippen MR) is 63.7 cm³/mol. The molecule has 2 nitrogen and oxygen atoms in total. The Morgan fingerprint density at radius 3 is 2.86 bits per heavy atom. The van der Waals surface area contributed by atoms with Crippen molar-refractivity contribution < 1.29 is 0 Å². The van der Waals surface area contributed by atoms with Gasteiger partial charge in [0, 0.05) is 24.5 Å². The first kappa shape index (κ1) is 11.5. The summed E-state index contributed by atoms with van der Waals surface area (Å²) in [6.45, 7) is 4.07. The molecule has 1 heterocycles. The average Bonchev–Trinajstić information content (AvgIpc) is 2.25. The van der Waals surface area contributed by atoms with Gasteiger partial charge in [0.15, 0.2) is 0 Å². The van der Waals surface area contributed by atoms with E-state index in [0.717, 1.165) is 31.0 Å². The summed E-state index contributed by atoms with van der Waals surface area (Å²) in [6.07, 6.45) is 3.14. The standard InChI is InChI=1S/C11H18N2S/c1-3-10-5-4-6-11(13-10)9-12-7-8-14-2/h4-6,12H,3,7-9H2,1-2H3. The van der Waals surface area contributed by atoms with Gasteiger partial charge in [-0.05, 0) is 24.8 Å². The van der Waals surface area contributed by atoms with Gasteiger partial charge in [0.2, 0.25) is 0 Å². The largest absolute Gasteiger partial charge is 0.310 e. The van der Waals surface area contributed by atoms with Crippen LogP contribution in [0.5, 0.6) is 0 Å². The molecule has 0 amide bonds. The molecule has 3 heteroatoms. The smallest absolute Gasteiger partial charge is 0.0544 e. The summed E-state index contributed by atoms with van der Waals surface area (Å²) >= 11 is 1.86. The first-order valence-electron chi connectivity index (χ1n) is 5.01. The van der Waals surface area contributed by atoms with Crippen LogP contribution >= 0.6 is 11.8 Å². The van der Waals surface area contributed by atoms with Gasteiger partial charge in [-0.1, -0.05) is 13.0 Å². The van der Waals surface area contributed by atoms with Gasteiger partial charge in [0.05, 0.1) is 5.69 Å². The normalized spacial score (nSPS) is 10.4. The SMILES string of the molecule is CCc1cccc(CNCCSC)n1. The van der Waals surface area contributed by atoms with Crippen LogP contribution in [-0.2, 0) is 13.0 Å². The van der Waals surface area contributed by atoms with Crippen LogP contribution in [0.4, 0.5) is 0 Å². The molecule has 0 bridgehead atoms. The minimum atomic E-state index is 0.883. The molecule has 0 radical (unpaired) electrons. The molecular weight excluding hydrogens is 192 g/mol. The number of nitrogens with zero attached hydrogens (tertiary/aromatic N) is 1. The summed E-state index contributed by atoms with van der Waals surface area (Å²) < 4.78 is 0. The molecule has 0 unspecified atom stereocenters. The number of aryl methyl sites for hydroxylation is 1. The van der Waals surface area contributed by atoms with E-state index in [1.807, 2.05) is 11.8 Å². The number of thioether (sulfide) groups is 1. The van der Waals surface area contributed by atoms with Crippen LogP contribution in [-0.4, -0.2) is 23.5 Å². The van der Waals surface area contributed by atoms with E-state index in [4.69, 9.17) is 0 Å². The summed E-state index contributed by atoms with van der Waals surface area (Å²) in [7, 11) is 0. The van der Waals surface area contributed by atoms with E-state index in [2.05, 4.69) is 41.7 Å². The Labute approximate surface area is 90.5 Å². The van der Waals surface area contributed by atoms with Gasteiger partial charge in [0.25, 0.3) is 0 Å². The van der Waals surface area contributed by atoms with Gasteiger partial charge in [-0.2, -0.15) is 11.8 Å². The lowest BCUT2D eigenvalue weighted by Crippen LogP contribution is -2.17. The molecule has 1 N–H and O–H groups in total. The summed E-state index contributed by atoms with van der Waals surface area (Å²) in [4.78, 5) is 4.52. The molecule has 0 spiro atoms. The van der Waals surface area contributed by atoms with E-state index in [0.29, 0.717) is 0 Å². The molecule has 0 fully saturated rings. The van der Waals surface area contributed by atoms with Crippen LogP contribution < -0.4 is 5.32 Å². The minimum absolute atomic E-state index is 0.883. The number of aromatic nitrogens is 1. The Morgan fingerprint density at radius 1 is 1.36 bits per heavy atom. The van der Waals surface area contributed by atoms with Crippen LogP contribution in [0.25, 0.3) is 0 Å². The molecule has 14 heavy (non-hydrogen) atoms. The molecule has 1 rings (SSSR count). The number of rotatable bonds is 6. The Morgan fingerprint density at radius 2 is 2.14 bits per heavy atom. The molecule has 0 aromatic carbocycles. The van der Waals surface area contributed by atoms with Gasteiger partial charge < -0.3 is 5.32 Å². The maximum atomic E-state index is 4.52. The van der Waals surface area contributed by atoms with Crippen molar-refractivity contribution in [3.05, 3.63) is 29.6 Å². The molecular formula is C11H18N2S. The van der Waals surface area contributed by atoms with E-state index < -0.39 is 0 Å². The average molecular weight is 210 g/mol. The predicted octanol–water partition coefficient (Wildman–Crippen LogP) is 2.10.